The van der Waals surface area contributed by atoms with Crippen LogP contribution >= 0.6 is 0 Å². The highest BCUT2D eigenvalue weighted by Crippen LogP contribution is 2.19. The molecule has 0 unspecified atom stereocenters. The van der Waals surface area contributed by atoms with Crippen LogP contribution in [0.25, 0.3) is 0 Å². The van der Waals surface area contributed by atoms with Gasteiger partial charge in [0.2, 0.25) is 5.88 Å². The monoisotopic (exact) mass is 384 g/mol. The summed E-state index contributed by atoms with van der Waals surface area (Å²) in [5.41, 5.74) is 1.44. The lowest BCUT2D eigenvalue weighted by atomic mass is 10.1. The van der Waals surface area contributed by atoms with E-state index in [2.05, 4.69) is 20.6 Å². The van der Waals surface area contributed by atoms with Crippen LogP contribution in [-0.4, -0.2) is 37.3 Å². The van der Waals surface area contributed by atoms with Gasteiger partial charge in [-0.05, 0) is 30.2 Å². The number of benzene rings is 1. The third kappa shape index (κ3) is 7.51. The molecule has 146 valence electrons. The Labute approximate surface area is 154 Å². The van der Waals surface area contributed by atoms with Crippen molar-refractivity contribution >= 4 is 5.96 Å². The topological polar surface area (TPSA) is 58.5 Å². The van der Waals surface area contributed by atoms with Crippen LogP contribution in [0.2, 0.25) is 0 Å². The van der Waals surface area contributed by atoms with E-state index in [1.165, 1.54) is 18.3 Å². The number of hydrogen-bond donors (Lipinski definition) is 2. The molecule has 1 aromatic carbocycles. The molecule has 1 heterocycles. The van der Waals surface area contributed by atoms with E-state index in [9.17, 15) is 17.6 Å². The Kier molecular flexibility index (Phi) is 7.39. The number of aliphatic imine (C=N–C) groups is 1. The fourth-order valence-corrected chi connectivity index (χ4v) is 2.21. The van der Waals surface area contributed by atoms with Crippen molar-refractivity contribution in [3.63, 3.8) is 0 Å². The van der Waals surface area contributed by atoms with E-state index in [1.54, 1.807) is 31.3 Å². The number of halogens is 4. The smallest absolute Gasteiger partial charge is 0.422 e. The molecule has 2 N–H and O–H groups in total. The number of hydrogen-bond acceptors (Lipinski definition) is 3. The SMILES string of the molecule is CN=C(NCCc1ccc(F)cc1)NCc1cccnc1OCC(F)(F)F. The summed E-state index contributed by atoms with van der Waals surface area (Å²) >= 11 is 0. The number of alkyl halides is 3. The minimum atomic E-state index is -4.43. The first kappa shape index (κ1) is 20.5. The molecule has 2 aromatic rings. The number of aromatic nitrogens is 1. The average Bonchev–Trinajstić information content (AvgIpc) is 2.64. The summed E-state index contributed by atoms with van der Waals surface area (Å²) in [5, 5.41) is 6.08. The molecule has 0 saturated heterocycles. The Morgan fingerprint density at radius 2 is 1.89 bits per heavy atom. The van der Waals surface area contributed by atoms with Crippen LogP contribution < -0.4 is 15.4 Å². The highest BCUT2D eigenvalue weighted by Gasteiger charge is 2.29. The van der Waals surface area contributed by atoms with Crippen LogP contribution in [0.1, 0.15) is 11.1 Å². The van der Waals surface area contributed by atoms with Crippen LogP contribution in [0.3, 0.4) is 0 Å². The Bertz CT molecular complexity index is 748. The zero-order chi connectivity index (χ0) is 19.7. The molecule has 0 atom stereocenters. The zero-order valence-electron chi connectivity index (χ0n) is 14.7. The van der Waals surface area contributed by atoms with E-state index in [0.29, 0.717) is 24.5 Å². The van der Waals surface area contributed by atoms with Crippen molar-refractivity contribution in [1.82, 2.24) is 15.6 Å². The van der Waals surface area contributed by atoms with Crippen molar-refractivity contribution in [3.05, 3.63) is 59.5 Å². The van der Waals surface area contributed by atoms with E-state index in [-0.39, 0.29) is 18.2 Å². The lowest BCUT2D eigenvalue weighted by Crippen LogP contribution is -2.38. The van der Waals surface area contributed by atoms with E-state index >= 15 is 0 Å². The second-order valence-electron chi connectivity index (χ2n) is 5.60. The predicted octanol–water partition coefficient (Wildman–Crippen LogP) is 3.07. The molecule has 9 heteroatoms. The lowest BCUT2D eigenvalue weighted by Gasteiger charge is -2.14. The van der Waals surface area contributed by atoms with Crippen molar-refractivity contribution < 1.29 is 22.3 Å². The van der Waals surface area contributed by atoms with Gasteiger partial charge < -0.3 is 15.4 Å². The van der Waals surface area contributed by atoms with E-state index < -0.39 is 12.8 Å². The van der Waals surface area contributed by atoms with Crippen molar-refractivity contribution in [2.45, 2.75) is 19.1 Å². The fraction of sp³-hybridized carbons (Fsp3) is 0.333. The van der Waals surface area contributed by atoms with Gasteiger partial charge in [0.05, 0.1) is 0 Å². The molecule has 0 bridgehead atoms. The summed E-state index contributed by atoms with van der Waals surface area (Å²) in [7, 11) is 1.58. The first-order chi connectivity index (χ1) is 12.9. The second-order valence-corrected chi connectivity index (χ2v) is 5.60. The van der Waals surface area contributed by atoms with Crippen molar-refractivity contribution in [2.75, 3.05) is 20.2 Å². The number of rotatable bonds is 7. The molecule has 0 fully saturated rings. The molecule has 1 aromatic heterocycles. The minimum absolute atomic E-state index is 0.0795. The molecular formula is C18H20F4N4O. The van der Waals surface area contributed by atoms with E-state index in [1.807, 2.05) is 0 Å². The van der Waals surface area contributed by atoms with Gasteiger partial charge in [-0.15, -0.1) is 0 Å². The molecule has 0 spiro atoms. The van der Waals surface area contributed by atoms with Crippen LogP contribution in [0.4, 0.5) is 17.6 Å². The number of ether oxygens (including phenoxy) is 1. The molecule has 0 aliphatic heterocycles. The minimum Gasteiger partial charge on any atom is -0.468 e. The molecule has 0 saturated carbocycles. The quantitative estimate of drug-likeness (QED) is 0.438. The normalized spacial score (nSPS) is 12.0. The Morgan fingerprint density at radius 1 is 1.15 bits per heavy atom. The van der Waals surface area contributed by atoms with Gasteiger partial charge >= 0.3 is 6.18 Å². The third-order valence-electron chi connectivity index (χ3n) is 3.51. The van der Waals surface area contributed by atoms with Gasteiger partial charge in [-0.1, -0.05) is 18.2 Å². The van der Waals surface area contributed by atoms with Gasteiger partial charge in [0.25, 0.3) is 0 Å². The van der Waals surface area contributed by atoms with Crippen LogP contribution in [0, 0.1) is 5.82 Å². The average molecular weight is 384 g/mol. The second kappa shape index (κ2) is 9.75. The largest absolute Gasteiger partial charge is 0.468 e. The van der Waals surface area contributed by atoms with Gasteiger partial charge in [-0.25, -0.2) is 9.37 Å². The molecule has 0 radical (unpaired) electrons. The first-order valence-corrected chi connectivity index (χ1v) is 8.20. The number of nitrogens with one attached hydrogen (secondary N) is 2. The standard InChI is InChI=1S/C18H20F4N4O/c1-23-17(25-10-8-13-4-6-15(19)7-5-13)26-11-14-3-2-9-24-16(14)27-12-18(20,21)22/h2-7,9H,8,10-12H2,1H3,(H2,23,25,26). The molecular weight excluding hydrogens is 364 g/mol. The molecule has 0 amide bonds. The van der Waals surface area contributed by atoms with E-state index in [0.717, 1.165) is 5.56 Å². The van der Waals surface area contributed by atoms with E-state index in [4.69, 9.17) is 4.74 Å². The Balaban J connectivity index is 1.84. The summed E-state index contributed by atoms with van der Waals surface area (Å²) in [6, 6.07) is 9.43. The highest BCUT2D eigenvalue weighted by atomic mass is 19.4. The lowest BCUT2D eigenvalue weighted by molar-refractivity contribution is -0.154. The predicted molar refractivity (Wildman–Crippen MR) is 94.1 cm³/mol. The molecule has 5 nitrogen and oxygen atoms in total. The number of nitrogens with zero attached hydrogens (tertiary/aromatic N) is 2. The van der Waals surface area contributed by atoms with Crippen LogP contribution in [-0.2, 0) is 13.0 Å². The van der Waals surface area contributed by atoms with Gasteiger partial charge in [-0.2, -0.15) is 13.2 Å². The zero-order valence-corrected chi connectivity index (χ0v) is 14.7. The summed E-state index contributed by atoms with van der Waals surface area (Å²) in [6.45, 7) is -0.658. The third-order valence-corrected chi connectivity index (χ3v) is 3.51. The number of pyridine rings is 1. The maximum atomic E-state index is 12.9. The van der Waals surface area contributed by atoms with Crippen LogP contribution in [0.5, 0.6) is 5.88 Å². The number of guanidine groups is 1. The van der Waals surface area contributed by atoms with Crippen molar-refractivity contribution in [2.24, 2.45) is 4.99 Å². The molecule has 0 aliphatic carbocycles. The van der Waals surface area contributed by atoms with Gasteiger partial charge in [0.1, 0.15) is 5.82 Å². The summed E-state index contributed by atoms with van der Waals surface area (Å²) in [4.78, 5) is 7.90. The fourth-order valence-electron chi connectivity index (χ4n) is 2.21. The highest BCUT2D eigenvalue weighted by molar-refractivity contribution is 5.79. The Morgan fingerprint density at radius 3 is 2.56 bits per heavy atom. The maximum Gasteiger partial charge on any atom is 0.422 e. The maximum absolute atomic E-state index is 12.9. The van der Waals surface area contributed by atoms with Gasteiger partial charge in [0.15, 0.2) is 12.6 Å². The van der Waals surface area contributed by atoms with Gasteiger partial charge in [-0.3, -0.25) is 4.99 Å². The summed E-state index contributed by atoms with van der Waals surface area (Å²) in [5.74, 6) is 0.107. The van der Waals surface area contributed by atoms with Crippen molar-refractivity contribution in [3.8, 4) is 5.88 Å². The summed E-state index contributed by atoms with van der Waals surface area (Å²) in [6.07, 6.45) is -2.40. The first-order valence-electron chi connectivity index (χ1n) is 8.20. The molecule has 27 heavy (non-hydrogen) atoms. The summed E-state index contributed by atoms with van der Waals surface area (Å²) < 4.78 is 54.6. The van der Waals surface area contributed by atoms with Crippen molar-refractivity contribution in [1.29, 1.82) is 0 Å². The molecule has 0 aliphatic rings. The van der Waals surface area contributed by atoms with Gasteiger partial charge in [0, 0.05) is 31.9 Å². The van der Waals surface area contributed by atoms with Crippen LogP contribution in [0.15, 0.2) is 47.6 Å². The molecule has 2 rings (SSSR count). The Hall–Kier alpha value is -2.84.